The number of rotatable bonds is 4. The first kappa shape index (κ1) is 14.5. The van der Waals surface area contributed by atoms with E-state index in [0.29, 0.717) is 13.0 Å². The molecule has 2 rings (SSSR count). The number of H-pyrrole nitrogens is 1. The summed E-state index contributed by atoms with van der Waals surface area (Å²) >= 11 is 0. The van der Waals surface area contributed by atoms with E-state index in [1.54, 1.807) is 6.20 Å². The van der Waals surface area contributed by atoms with Gasteiger partial charge in [-0.1, -0.05) is 0 Å². The maximum absolute atomic E-state index is 11.6. The van der Waals surface area contributed by atoms with Crippen LogP contribution in [-0.2, 0) is 4.79 Å². The normalized spacial score (nSPS) is 10.1. The second-order valence-corrected chi connectivity index (χ2v) is 4.03. The van der Waals surface area contributed by atoms with Crippen LogP contribution in [0.3, 0.4) is 0 Å². The molecule has 0 fully saturated rings. The van der Waals surface area contributed by atoms with Crippen molar-refractivity contribution in [2.75, 3.05) is 18.9 Å². The summed E-state index contributed by atoms with van der Waals surface area (Å²) in [5.41, 5.74) is 2.80. The van der Waals surface area contributed by atoms with Crippen LogP contribution < -0.4 is 10.6 Å². The minimum Gasteiger partial charge on any atom is -0.326 e. The largest absolute Gasteiger partial charge is 0.326 e. The number of hydrogen-bond donors (Lipinski definition) is 3. The number of amides is 1. The van der Waals surface area contributed by atoms with Crippen molar-refractivity contribution < 1.29 is 4.79 Å². The van der Waals surface area contributed by atoms with Gasteiger partial charge in [0.15, 0.2) is 0 Å². The maximum Gasteiger partial charge on any atom is 0.225 e. The fourth-order valence-corrected chi connectivity index (χ4v) is 1.69. The van der Waals surface area contributed by atoms with E-state index < -0.39 is 0 Å². The Balaban J connectivity index is 0.00000162. The Hall–Kier alpha value is -1.59. The zero-order chi connectivity index (χ0) is 12.3. The molecule has 0 aliphatic carbocycles. The molecule has 1 aromatic heterocycles. The van der Waals surface area contributed by atoms with Crippen molar-refractivity contribution in [2.24, 2.45) is 0 Å². The molecule has 2 aromatic rings. The molecule has 0 saturated heterocycles. The quantitative estimate of drug-likeness (QED) is 0.792. The average molecular weight is 269 g/mol. The Labute approximate surface area is 112 Å². The summed E-state index contributed by atoms with van der Waals surface area (Å²) in [5.74, 6) is 0.0151. The minimum atomic E-state index is 0. The topological polar surface area (TPSA) is 69.8 Å². The van der Waals surface area contributed by atoms with E-state index in [4.69, 9.17) is 0 Å². The van der Waals surface area contributed by atoms with Crippen LogP contribution in [0.5, 0.6) is 0 Å². The molecule has 98 valence electrons. The van der Waals surface area contributed by atoms with Crippen molar-refractivity contribution in [3.63, 3.8) is 0 Å². The monoisotopic (exact) mass is 268 g/mol. The lowest BCUT2D eigenvalue weighted by Gasteiger charge is -2.08. The SMILES string of the molecule is CNCCC(=O)Nc1cc2[nH]ncc2cc1C.Cl. The van der Waals surface area contributed by atoms with E-state index in [1.165, 1.54) is 0 Å². The lowest BCUT2D eigenvalue weighted by atomic mass is 10.1. The van der Waals surface area contributed by atoms with Gasteiger partial charge in [0, 0.05) is 24.0 Å². The van der Waals surface area contributed by atoms with Crippen molar-refractivity contribution in [3.8, 4) is 0 Å². The number of aryl methyl sites for hydroxylation is 1. The third-order valence-electron chi connectivity index (χ3n) is 2.66. The summed E-state index contributed by atoms with van der Waals surface area (Å²) in [5, 5.41) is 13.8. The van der Waals surface area contributed by atoms with Gasteiger partial charge < -0.3 is 10.6 Å². The van der Waals surface area contributed by atoms with E-state index in [1.807, 2.05) is 26.1 Å². The lowest BCUT2D eigenvalue weighted by molar-refractivity contribution is -0.116. The number of aromatic nitrogens is 2. The van der Waals surface area contributed by atoms with Gasteiger partial charge in [0.2, 0.25) is 5.91 Å². The number of carbonyl (C=O) groups is 1. The van der Waals surface area contributed by atoms with Crippen LogP contribution in [0.15, 0.2) is 18.3 Å². The van der Waals surface area contributed by atoms with Gasteiger partial charge in [-0.05, 0) is 31.7 Å². The van der Waals surface area contributed by atoms with Crippen LogP contribution in [0.1, 0.15) is 12.0 Å². The van der Waals surface area contributed by atoms with Gasteiger partial charge in [0.1, 0.15) is 0 Å². The zero-order valence-corrected chi connectivity index (χ0v) is 11.2. The van der Waals surface area contributed by atoms with Gasteiger partial charge in [-0.25, -0.2) is 0 Å². The number of benzene rings is 1. The number of carbonyl (C=O) groups excluding carboxylic acids is 1. The molecule has 0 radical (unpaired) electrons. The first-order chi connectivity index (χ1) is 8.20. The van der Waals surface area contributed by atoms with Crippen molar-refractivity contribution in [1.29, 1.82) is 0 Å². The molecule has 3 N–H and O–H groups in total. The molecular formula is C12H17ClN4O. The number of anilines is 1. The van der Waals surface area contributed by atoms with Crippen molar-refractivity contribution in [2.45, 2.75) is 13.3 Å². The van der Waals surface area contributed by atoms with Crippen LogP contribution >= 0.6 is 12.4 Å². The van der Waals surface area contributed by atoms with Crippen LogP contribution in [0.2, 0.25) is 0 Å². The van der Waals surface area contributed by atoms with Crippen LogP contribution in [0.25, 0.3) is 10.9 Å². The highest BCUT2D eigenvalue weighted by Crippen LogP contribution is 2.21. The predicted octanol–water partition coefficient (Wildman–Crippen LogP) is 1.84. The van der Waals surface area contributed by atoms with Crippen LogP contribution in [-0.4, -0.2) is 29.7 Å². The molecule has 6 heteroatoms. The molecule has 1 amide bonds. The number of hydrogen-bond acceptors (Lipinski definition) is 3. The Morgan fingerprint density at radius 1 is 1.44 bits per heavy atom. The zero-order valence-electron chi connectivity index (χ0n) is 10.4. The van der Waals surface area contributed by atoms with Gasteiger partial charge in [-0.2, -0.15) is 5.10 Å². The molecule has 0 bridgehead atoms. The Kier molecular flexibility index (Phi) is 5.12. The van der Waals surface area contributed by atoms with Gasteiger partial charge in [-0.3, -0.25) is 9.89 Å². The first-order valence-electron chi connectivity index (χ1n) is 5.59. The third-order valence-corrected chi connectivity index (χ3v) is 2.66. The molecule has 1 heterocycles. The smallest absolute Gasteiger partial charge is 0.225 e. The number of nitrogens with one attached hydrogen (secondary N) is 3. The molecule has 0 unspecified atom stereocenters. The van der Waals surface area contributed by atoms with Gasteiger partial charge in [0.25, 0.3) is 0 Å². The van der Waals surface area contributed by atoms with Crippen LogP contribution in [0, 0.1) is 6.92 Å². The fraction of sp³-hybridized carbons (Fsp3) is 0.333. The number of fused-ring (bicyclic) bond motifs is 1. The summed E-state index contributed by atoms with van der Waals surface area (Å²) < 4.78 is 0. The fourth-order valence-electron chi connectivity index (χ4n) is 1.69. The molecule has 5 nitrogen and oxygen atoms in total. The highest BCUT2D eigenvalue weighted by molar-refractivity contribution is 5.94. The molecule has 0 aliphatic rings. The number of halogens is 1. The molecular weight excluding hydrogens is 252 g/mol. The maximum atomic E-state index is 11.6. The highest BCUT2D eigenvalue weighted by atomic mass is 35.5. The summed E-state index contributed by atoms with van der Waals surface area (Å²) in [6, 6.07) is 3.92. The van der Waals surface area contributed by atoms with Crippen molar-refractivity contribution >= 4 is 34.9 Å². The molecule has 1 aromatic carbocycles. The van der Waals surface area contributed by atoms with E-state index in [2.05, 4.69) is 20.8 Å². The lowest BCUT2D eigenvalue weighted by Crippen LogP contribution is -2.19. The summed E-state index contributed by atoms with van der Waals surface area (Å²) in [6.07, 6.45) is 2.24. The Morgan fingerprint density at radius 2 is 2.22 bits per heavy atom. The molecule has 0 atom stereocenters. The van der Waals surface area contributed by atoms with Crippen molar-refractivity contribution in [1.82, 2.24) is 15.5 Å². The minimum absolute atomic E-state index is 0. The van der Waals surface area contributed by atoms with Crippen molar-refractivity contribution in [3.05, 3.63) is 23.9 Å². The third kappa shape index (κ3) is 3.21. The summed E-state index contributed by atoms with van der Waals surface area (Å²) in [7, 11) is 1.83. The second-order valence-electron chi connectivity index (χ2n) is 4.03. The van der Waals surface area contributed by atoms with E-state index in [-0.39, 0.29) is 18.3 Å². The molecule has 18 heavy (non-hydrogen) atoms. The first-order valence-corrected chi connectivity index (χ1v) is 5.59. The number of aromatic amines is 1. The predicted molar refractivity (Wildman–Crippen MR) is 75.3 cm³/mol. The Bertz CT molecular complexity index is 538. The Morgan fingerprint density at radius 3 is 2.94 bits per heavy atom. The highest BCUT2D eigenvalue weighted by Gasteiger charge is 2.06. The van der Waals surface area contributed by atoms with E-state index in [9.17, 15) is 4.79 Å². The van der Waals surface area contributed by atoms with Gasteiger partial charge in [0.05, 0.1) is 11.7 Å². The molecule has 0 aliphatic heterocycles. The molecule has 0 saturated carbocycles. The number of nitrogens with zero attached hydrogens (tertiary/aromatic N) is 1. The van der Waals surface area contributed by atoms with Crippen LogP contribution in [0.4, 0.5) is 5.69 Å². The van der Waals surface area contributed by atoms with E-state index >= 15 is 0 Å². The second kappa shape index (κ2) is 6.37. The van der Waals surface area contributed by atoms with Gasteiger partial charge >= 0.3 is 0 Å². The summed E-state index contributed by atoms with van der Waals surface area (Å²) in [4.78, 5) is 11.6. The van der Waals surface area contributed by atoms with Gasteiger partial charge in [-0.15, -0.1) is 12.4 Å². The molecule has 0 spiro atoms. The standard InChI is InChI=1S/C12H16N4O.ClH/c1-8-5-9-7-14-16-11(9)6-10(8)15-12(17)3-4-13-2;/h5-7,13H,3-4H2,1-2H3,(H,14,16)(H,15,17);1H. The average Bonchev–Trinajstić information content (AvgIpc) is 2.74. The summed E-state index contributed by atoms with van der Waals surface area (Å²) in [6.45, 7) is 2.65. The van der Waals surface area contributed by atoms with E-state index in [0.717, 1.165) is 22.2 Å².